The first-order valence-electron chi connectivity index (χ1n) is 7.13. The van der Waals surface area contributed by atoms with Gasteiger partial charge in [0.05, 0.1) is 0 Å². The lowest BCUT2D eigenvalue weighted by Gasteiger charge is -2.34. The van der Waals surface area contributed by atoms with Crippen LogP contribution in [0.4, 0.5) is 0 Å². The van der Waals surface area contributed by atoms with Gasteiger partial charge in [0.1, 0.15) is 0 Å². The van der Waals surface area contributed by atoms with Crippen LogP contribution in [-0.2, 0) is 0 Å². The fraction of sp³-hybridized carbons (Fsp3) is 0.562. The first-order valence-corrected chi connectivity index (χ1v) is 7.13. The Kier molecular flexibility index (Phi) is 2.12. The molecule has 0 radical (unpaired) electrons. The van der Waals surface area contributed by atoms with Crippen LogP contribution in [0, 0.1) is 17.8 Å². The maximum absolute atomic E-state index is 12.3. The molecular weight excluding hydrogens is 222 g/mol. The van der Waals surface area contributed by atoms with Crippen molar-refractivity contribution in [3.63, 3.8) is 0 Å². The lowest BCUT2D eigenvalue weighted by Crippen LogP contribution is -2.49. The second-order valence-electron chi connectivity index (χ2n) is 6.52. The molecular formula is C16H19NO. The second kappa shape index (κ2) is 3.59. The van der Waals surface area contributed by atoms with E-state index < -0.39 is 0 Å². The Labute approximate surface area is 108 Å². The first kappa shape index (κ1) is 10.6. The van der Waals surface area contributed by atoms with Gasteiger partial charge in [-0.15, -0.1) is 0 Å². The van der Waals surface area contributed by atoms with Crippen LogP contribution >= 0.6 is 0 Å². The Morgan fingerprint density at radius 1 is 1.06 bits per heavy atom. The van der Waals surface area contributed by atoms with Crippen LogP contribution in [-0.4, -0.2) is 11.4 Å². The van der Waals surface area contributed by atoms with Crippen LogP contribution in [0.5, 0.6) is 0 Å². The summed E-state index contributed by atoms with van der Waals surface area (Å²) < 4.78 is 0. The van der Waals surface area contributed by atoms with E-state index in [9.17, 15) is 4.79 Å². The molecule has 0 aliphatic heterocycles. The molecule has 0 heterocycles. The summed E-state index contributed by atoms with van der Waals surface area (Å²) in [7, 11) is 0. The van der Waals surface area contributed by atoms with Crippen LogP contribution < -0.4 is 5.32 Å². The third-order valence-corrected chi connectivity index (χ3v) is 5.39. The smallest absolute Gasteiger partial charge is 0.251 e. The molecule has 5 rings (SSSR count). The van der Waals surface area contributed by atoms with Gasteiger partial charge in [0, 0.05) is 11.1 Å². The molecule has 2 heteroatoms. The summed E-state index contributed by atoms with van der Waals surface area (Å²) in [6, 6.07) is 9.64. The van der Waals surface area contributed by atoms with E-state index in [0.717, 1.165) is 23.3 Å². The first-order chi connectivity index (χ1) is 8.75. The van der Waals surface area contributed by atoms with Gasteiger partial charge in [0.15, 0.2) is 0 Å². The normalized spacial score (nSPS) is 40.1. The summed E-state index contributed by atoms with van der Waals surface area (Å²) in [5, 5.41) is 3.39. The topological polar surface area (TPSA) is 29.1 Å². The molecule has 2 unspecified atom stereocenters. The van der Waals surface area contributed by atoms with E-state index in [-0.39, 0.29) is 11.4 Å². The maximum Gasteiger partial charge on any atom is 0.251 e. The Hall–Kier alpha value is -1.31. The number of nitrogens with one attached hydrogen (secondary N) is 1. The predicted octanol–water partition coefficient (Wildman–Crippen LogP) is 3.00. The molecule has 4 atom stereocenters. The molecule has 4 saturated carbocycles. The predicted molar refractivity (Wildman–Crippen MR) is 70.2 cm³/mol. The standard InChI is InChI=1S/C16H19NO/c18-15(13-4-2-1-3-5-13)17-16-9-11-6-12(10-16)8-14(16)7-11/h1-5,11-12,14H,6-10H2,(H,17,18)/t11-,12+,14?,16?. The van der Waals surface area contributed by atoms with Crippen LogP contribution in [0.25, 0.3) is 0 Å². The molecule has 4 aliphatic carbocycles. The van der Waals surface area contributed by atoms with Gasteiger partial charge in [-0.05, 0) is 62.0 Å². The summed E-state index contributed by atoms with van der Waals surface area (Å²) in [4.78, 5) is 12.3. The molecule has 94 valence electrons. The zero-order valence-electron chi connectivity index (χ0n) is 10.6. The number of carbonyl (C=O) groups is 1. The van der Waals surface area contributed by atoms with Crippen LogP contribution in [0.2, 0.25) is 0 Å². The molecule has 0 spiro atoms. The fourth-order valence-corrected chi connectivity index (χ4v) is 4.89. The average Bonchev–Trinajstić information content (AvgIpc) is 2.75. The van der Waals surface area contributed by atoms with Crippen LogP contribution in [0.15, 0.2) is 30.3 Å². The lowest BCUT2D eigenvalue weighted by atomic mass is 9.80. The third kappa shape index (κ3) is 1.44. The molecule has 4 aliphatic rings. The Balaban J connectivity index is 1.57. The number of hydrogen-bond acceptors (Lipinski definition) is 1. The van der Waals surface area contributed by atoms with Crippen molar-refractivity contribution in [3.05, 3.63) is 35.9 Å². The minimum atomic E-state index is 0.129. The van der Waals surface area contributed by atoms with Gasteiger partial charge in [0.25, 0.3) is 5.91 Å². The minimum Gasteiger partial charge on any atom is -0.346 e. The highest BCUT2D eigenvalue weighted by atomic mass is 16.1. The Morgan fingerprint density at radius 3 is 2.39 bits per heavy atom. The van der Waals surface area contributed by atoms with Gasteiger partial charge in [0.2, 0.25) is 0 Å². The maximum atomic E-state index is 12.3. The highest BCUT2D eigenvalue weighted by Gasteiger charge is 2.58. The van der Waals surface area contributed by atoms with E-state index in [0.29, 0.717) is 0 Å². The Morgan fingerprint density at radius 2 is 1.72 bits per heavy atom. The lowest BCUT2D eigenvalue weighted by molar-refractivity contribution is 0.0875. The van der Waals surface area contributed by atoms with Gasteiger partial charge in [-0.25, -0.2) is 0 Å². The summed E-state index contributed by atoms with van der Waals surface area (Å²) in [5.41, 5.74) is 0.957. The monoisotopic (exact) mass is 241 g/mol. The number of benzene rings is 1. The zero-order chi connectivity index (χ0) is 12.2. The van der Waals surface area contributed by atoms with Crippen LogP contribution in [0.1, 0.15) is 42.5 Å². The molecule has 0 aromatic heterocycles. The molecule has 4 fully saturated rings. The second-order valence-corrected chi connectivity index (χ2v) is 6.52. The molecule has 4 bridgehead atoms. The van der Waals surface area contributed by atoms with Crippen molar-refractivity contribution in [1.82, 2.24) is 5.32 Å². The number of hydrogen-bond donors (Lipinski definition) is 1. The summed E-state index contributed by atoms with van der Waals surface area (Å²) in [5.74, 6) is 2.66. The van der Waals surface area contributed by atoms with Gasteiger partial charge in [-0.1, -0.05) is 18.2 Å². The summed E-state index contributed by atoms with van der Waals surface area (Å²) in [6.45, 7) is 0. The molecule has 2 nitrogen and oxygen atoms in total. The number of amides is 1. The summed E-state index contributed by atoms with van der Waals surface area (Å²) >= 11 is 0. The minimum absolute atomic E-state index is 0.129. The van der Waals surface area contributed by atoms with Crippen molar-refractivity contribution < 1.29 is 4.79 Å². The molecule has 1 aromatic rings. The SMILES string of the molecule is O=C(NC12C[C@@H]3CC1C[C@@H](C3)C2)c1ccccc1. The molecule has 1 amide bonds. The van der Waals surface area contributed by atoms with E-state index in [1.807, 2.05) is 30.3 Å². The van der Waals surface area contributed by atoms with Gasteiger partial charge < -0.3 is 5.32 Å². The molecule has 0 saturated heterocycles. The summed E-state index contributed by atoms with van der Waals surface area (Å²) in [6.07, 6.45) is 6.58. The molecule has 1 N–H and O–H groups in total. The van der Waals surface area contributed by atoms with Gasteiger partial charge >= 0.3 is 0 Å². The highest BCUT2D eigenvalue weighted by molar-refractivity contribution is 5.94. The number of rotatable bonds is 2. The third-order valence-electron chi connectivity index (χ3n) is 5.39. The van der Waals surface area contributed by atoms with Crippen molar-refractivity contribution >= 4 is 5.91 Å². The zero-order valence-corrected chi connectivity index (χ0v) is 10.6. The Bertz CT molecular complexity index is 467. The van der Waals surface area contributed by atoms with E-state index in [1.165, 1.54) is 32.1 Å². The van der Waals surface area contributed by atoms with E-state index in [2.05, 4.69) is 5.32 Å². The van der Waals surface area contributed by atoms with Crippen LogP contribution in [0.3, 0.4) is 0 Å². The van der Waals surface area contributed by atoms with Gasteiger partial charge in [-0.2, -0.15) is 0 Å². The van der Waals surface area contributed by atoms with Crippen molar-refractivity contribution in [2.45, 2.75) is 37.6 Å². The molecule has 1 aromatic carbocycles. The van der Waals surface area contributed by atoms with Crippen molar-refractivity contribution in [1.29, 1.82) is 0 Å². The molecule has 18 heavy (non-hydrogen) atoms. The van der Waals surface area contributed by atoms with Gasteiger partial charge in [-0.3, -0.25) is 4.79 Å². The fourth-order valence-electron chi connectivity index (χ4n) is 4.89. The van der Waals surface area contributed by atoms with Crippen molar-refractivity contribution in [2.75, 3.05) is 0 Å². The van der Waals surface area contributed by atoms with Crippen molar-refractivity contribution in [2.24, 2.45) is 17.8 Å². The van der Waals surface area contributed by atoms with E-state index in [1.54, 1.807) is 0 Å². The average molecular weight is 241 g/mol. The van der Waals surface area contributed by atoms with E-state index >= 15 is 0 Å². The van der Waals surface area contributed by atoms with Crippen molar-refractivity contribution in [3.8, 4) is 0 Å². The number of carbonyl (C=O) groups excluding carboxylic acids is 1. The van der Waals surface area contributed by atoms with E-state index in [4.69, 9.17) is 0 Å². The largest absolute Gasteiger partial charge is 0.346 e. The quantitative estimate of drug-likeness (QED) is 0.847. The highest BCUT2D eigenvalue weighted by Crippen LogP contribution is 2.60.